The third-order valence-corrected chi connectivity index (χ3v) is 2.38. The first-order chi connectivity index (χ1) is 8.29. The summed E-state index contributed by atoms with van der Waals surface area (Å²) >= 11 is 0. The lowest BCUT2D eigenvalue weighted by Crippen LogP contribution is -2.02. The SMILES string of the molecule is COc1ccccc1NCc1ccc(O)cn1. The molecular formula is C13H14N2O2. The molecule has 17 heavy (non-hydrogen) atoms. The molecule has 0 unspecified atom stereocenters. The van der Waals surface area contributed by atoms with Crippen molar-refractivity contribution < 1.29 is 9.84 Å². The summed E-state index contributed by atoms with van der Waals surface area (Å²) < 4.78 is 5.23. The number of ether oxygens (including phenoxy) is 1. The number of nitrogens with zero attached hydrogens (tertiary/aromatic N) is 1. The maximum absolute atomic E-state index is 9.12. The van der Waals surface area contributed by atoms with Crippen molar-refractivity contribution >= 4 is 5.69 Å². The quantitative estimate of drug-likeness (QED) is 0.846. The second-order valence-electron chi connectivity index (χ2n) is 3.56. The summed E-state index contributed by atoms with van der Waals surface area (Å²) in [7, 11) is 1.64. The number of benzene rings is 1. The Morgan fingerprint density at radius 1 is 1.24 bits per heavy atom. The van der Waals surface area contributed by atoms with Gasteiger partial charge < -0.3 is 15.2 Å². The fourth-order valence-corrected chi connectivity index (χ4v) is 1.50. The molecule has 88 valence electrons. The van der Waals surface area contributed by atoms with Gasteiger partial charge in [0.25, 0.3) is 0 Å². The number of hydrogen-bond donors (Lipinski definition) is 2. The van der Waals surface area contributed by atoms with Crippen molar-refractivity contribution in [1.29, 1.82) is 0 Å². The monoisotopic (exact) mass is 230 g/mol. The lowest BCUT2D eigenvalue weighted by atomic mass is 10.2. The molecule has 0 radical (unpaired) electrons. The second kappa shape index (κ2) is 5.21. The molecule has 0 fully saturated rings. The summed E-state index contributed by atoms with van der Waals surface area (Å²) in [6.45, 7) is 0.584. The van der Waals surface area contributed by atoms with Gasteiger partial charge in [0.1, 0.15) is 11.5 Å². The lowest BCUT2D eigenvalue weighted by Gasteiger charge is -2.10. The van der Waals surface area contributed by atoms with Crippen molar-refractivity contribution in [1.82, 2.24) is 4.98 Å². The fourth-order valence-electron chi connectivity index (χ4n) is 1.50. The largest absolute Gasteiger partial charge is 0.506 e. The number of rotatable bonds is 4. The Labute approximate surface area is 99.9 Å². The van der Waals surface area contributed by atoms with Gasteiger partial charge in [-0.1, -0.05) is 12.1 Å². The smallest absolute Gasteiger partial charge is 0.141 e. The minimum atomic E-state index is 0.172. The van der Waals surface area contributed by atoms with E-state index < -0.39 is 0 Å². The van der Waals surface area contributed by atoms with E-state index in [9.17, 15) is 0 Å². The molecule has 0 aliphatic rings. The summed E-state index contributed by atoms with van der Waals surface area (Å²) in [5.74, 6) is 0.970. The minimum absolute atomic E-state index is 0.172. The van der Waals surface area contributed by atoms with Crippen LogP contribution in [0.25, 0.3) is 0 Å². The lowest BCUT2D eigenvalue weighted by molar-refractivity contribution is 0.416. The van der Waals surface area contributed by atoms with Crippen LogP contribution in [0.5, 0.6) is 11.5 Å². The molecule has 2 rings (SSSR count). The van der Waals surface area contributed by atoms with E-state index in [1.807, 2.05) is 24.3 Å². The van der Waals surface area contributed by atoms with Crippen LogP contribution in [-0.4, -0.2) is 17.2 Å². The van der Waals surface area contributed by atoms with Crippen LogP contribution in [0.3, 0.4) is 0 Å². The van der Waals surface area contributed by atoms with E-state index in [4.69, 9.17) is 9.84 Å². The summed E-state index contributed by atoms with van der Waals surface area (Å²) in [4.78, 5) is 4.10. The molecule has 2 N–H and O–H groups in total. The third-order valence-electron chi connectivity index (χ3n) is 2.38. The average molecular weight is 230 g/mol. The van der Waals surface area contributed by atoms with E-state index >= 15 is 0 Å². The van der Waals surface area contributed by atoms with E-state index in [-0.39, 0.29) is 5.75 Å². The van der Waals surface area contributed by atoms with E-state index in [1.54, 1.807) is 19.2 Å². The third kappa shape index (κ3) is 2.87. The van der Waals surface area contributed by atoms with Crippen LogP contribution < -0.4 is 10.1 Å². The van der Waals surface area contributed by atoms with Crippen LogP contribution >= 0.6 is 0 Å². The Balaban J connectivity index is 2.04. The number of methoxy groups -OCH3 is 1. The number of nitrogens with one attached hydrogen (secondary N) is 1. The number of pyridine rings is 1. The van der Waals surface area contributed by atoms with Gasteiger partial charge in [0.2, 0.25) is 0 Å². The van der Waals surface area contributed by atoms with E-state index in [0.717, 1.165) is 17.1 Å². The highest BCUT2D eigenvalue weighted by molar-refractivity contribution is 5.56. The Morgan fingerprint density at radius 2 is 2.06 bits per heavy atom. The van der Waals surface area contributed by atoms with Gasteiger partial charge in [-0.25, -0.2) is 0 Å². The first-order valence-corrected chi connectivity index (χ1v) is 5.30. The summed E-state index contributed by atoms with van der Waals surface area (Å²) in [5.41, 5.74) is 1.78. The Kier molecular flexibility index (Phi) is 3.45. The molecule has 0 atom stereocenters. The molecule has 0 bridgehead atoms. The van der Waals surface area contributed by atoms with Crippen molar-refractivity contribution in [3.05, 3.63) is 48.3 Å². The van der Waals surface area contributed by atoms with E-state index in [2.05, 4.69) is 10.3 Å². The zero-order valence-electron chi connectivity index (χ0n) is 9.55. The Bertz CT molecular complexity index is 483. The molecule has 0 amide bonds. The zero-order chi connectivity index (χ0) is 12.1. The number of aromatic hydroxyl groups is 1. The number of hydrogen-bond acceptors (Lipinski definition) is 4. The average Bonchev–Trinajstić information content (AvgIpc) is 2.38. The van der Waals surface area contributed by atoms with Gasteiger partial charge in [-0.3, -0.25) is 4.98 Å². The normalized spacial score (nSPS) is 9.94. The van der Waals surface area contributed by atoms with Gasteiger partial charge in [-0.05, 0) is 24.3 Å². The highest BCUT2D eigenvalue weighted by atomic mass is 16.5. The van der Waals surface area contributed by atoms with Crippen LogP contribution in [0.1, 0.15) is 5.69 Å². The topological polar surface area (TPSA) is 54.4 Å². The molecule has 4 heteroatoms. The Hall–Kier alpha value is -2.23. The van der Waals surface area contributed by atoms with E-state index in [0.29, 0.717) is 6.54 Å². The van der Waals surface area contributed by atoms with Crippen LogP contribution in [0, 0.1) is 0 Å². The standard InChI is InChI=1S/C13H14N2O2/c1-17-13-5-3-2-4-12(13)15-8-10-6-7-11(16)9-14-10/h2-7,9,15-16H,8H2,1H3. The van der Waals surface area contributed by atoms with Gasteiger partial charge in [-0.15, -0.1) is 0 Å². The molecule has 1 aromatic heterocycles. The number of anilines is 1. The number of para-hydroxylation sites is 2. The second-order valence-corrected chi connectivity index (χ2v) is 3.56. The van der Waals surface area contributed by atoms with E-state index in [1.165, 1.54) is 6.20 Å². The molecule has 1 heterocycles. The predicted octanol–water partition coefficient (Wildman–Crippen LogP) is 2.41. The molecule has 0 aliphatic carbocycles. The maximum Gasteiger partial charge on any atom is 0.141 e. The van der Waals surface area contributed by atoms with Crippen molar-refractivity contribution in [2.24, 2.45) is 0 Å². The molecule has 0 aliphatic heterocycles. The van der Waals surface area contributed by atoms with Crippen LogP contribution in [0.4, 0.5) is 5.69 Å². The van der Waals surface area contributed by atoms with Crippen molar-refractivity contribution in [3.8, 4) is 11.5 Å². The van der Waals surface area contributed by atoms with Crippen LogP contribution in [0.15, 0.2) is 42.6 Å². The first-order valence-electron chi connectivity index (χ1n) is 5.30. The molecule has 0 saturated carbocycles. The minimum Gasteiger partial charge on any atom is -0.506 e. The highest BCUT2D eigenvalue weighted by Gasteiger charge is 2.01. The van der Waals surface area contributed by atoms with Crippen LogP contribution in [-0.2, 0) is 6.54 Å². The maximum atomic E-state index is 9.12. The molecule has 1 aromatic carbocycles. The van der Waals surface area contributed by atoms with Gasteiger partial charge in [0, 0.05) is 0 Å². The van der Waals surface area contributed by atoms with Crippen molar-refractivity contribution in [3.63, 3.8) is 0 Å². The molecule has 4 nitrogen and oxygen atoms in total. The van der Waals surface area contributed by atoms with Gasteiger partial charge in [0.15, 0.2) is 0 Å². The van der Waals surface area contributed by atoms with Gasteiger partial charge >= 0.3 is 0 Å². The molecular weight excluding hydrogens is 216 g/mol. The zero-order valence-corrected chi connectivity index (χ0v) is 9.55. The first kappa shape index (κ1) is 11.3. The summed E-state index contributed by atoms with van der Waals surface area (Å²) in [6, 6.07) is 11.1. The van der Waals surface area contributed by atoms with Gasteiger partial charge in [-0.2, -0.15) is 0 Å². The Morgan fingerprint density at radius 3 is 2.76 bits per heavy atom. The summed E-state index contributed by atoms with van der Waals surface area (Å²) in [6.07, 6.45) is 1.43. The predicted molar refractivity (Wildman–Crippen MR) is 66.2 cm³/mol. The fraction of sp³-hybridized carbons (Fsp3) is 0.154. The summed E-state index contributed by atoms with van der Waals surface area (Å²) in [5, 5.41) is 12.4. The molecule has 0 saturated heterocycles. The highest BCUT2D eigenvalue weighted by Crippen LogP contribution is 2.23. The van der Waals surface area contributed by atoms with Crippen LogP contribution in [0.2, 0.25) is 0 Å². The molecule has 0 spiro atoms. The number of aromatic nitrogens is 1. The van der Waals surface area contributed by atoms with Crippen molar-refractivity contribution in [2.75, 3.05) is 12.4 Å². The molecule has 2 aromatic rings. The van der Waals surface area contributed by atoms with Gasteiger partial charge in [0.05, 0.1) is 31.2 Å². The van der Waals surface area contributed by atoms with Crippen molar-refractivity contribution in [2.45, 2.75) is 6.54 Å².